The third kappa shape index (κ3) is 20.6. The number of esters is 1. The summed E-state index contributed by atoms with van der Waals surface area (Å²) in [6, 6.07) is 0. The van der Waals surface area contributed by atoms with E-state index in [9.17, 15) is 9.59 Å². The lowest BCUT2D eigenvalue weighted by molar-refractivity contribution is -0.145. The van der Waals surface area contributed by atoms with Gasteiger partial charge in [-0.2, -0.15) is 0 Å². The number of ether oxygens (including phenoxy) is 2. The number of unbranched alkanes of at least 4 members (excludes halogenated alkanes) is 9. The van der Waals surface area contributed by atoms with Crippen LogP contribution in [-0.4, -0.2) is 55.9 Å². The SMILES string of the molecule is [CH2]C([CH2])OC(=O)CCCC(CCCCCCCCCCCC)OC(=O)NCCN(C)CC. The van der Waals surface area contributed by atoms with Crippen LogP contribution in [0.2, 0.25) is 0 Å². The number of carbonyl (C=O) groups is 2. The maximum atomic E-state index is 12.2. The minimum absolute atomic E-state index is 0.170. The Morgan fingerprint density at radius 3 is 1.97 bits per heavy atom. The normalized spacial score (nSPS) is 12.2. The fraction of sp³-hybridized carbons (Fsp3) is 0.846. The molecule has 32 heavy (non-hydrogen) atoms. The van der Waals surface area contributed by atoms with Crippen LogP contribution >= 0.6 is 0 Å². The number of hydrogen-bond donors (Lipinski definition) is 1. The summed E-state index contributed by atoms with van der Waals surface area (Å²) < 4.78 is 10.6. The molecule has 0 saturated carbocycles. The van der Waals surface area contributed by atoms with Crippen molar-refractivity contribution < 1.29 is 19.1 Å². The monoisotopic (exact) mass is 454 g/mol. The molecule has 0 aliphatic heterocycles. The van der Waals surface area contributed by atoms with Gasteiger partial charge in [-0.3, -0.25) is 4.79 Å². The number of nitrogens with zero attached hydrogens (tertiary/aromatic N) is 1. The van der Waals surface area contributed by atoms with E-state index in [-0.39, 0.29) is 18.2 Å². The Bertz CT molecular complexity index is 457. The third-order valence-electron chi connectivity index (χ3n) is 5.66. The van der Waals surface area contributed by atoms with Gasteiger partial charge >= 0.3 is 12.1 Å². The second-order valence-corrected chi connectivity index (χ2v) is 8.82. The van der Waals surface area contributed by atoms with Crippen LogP contribution in [0.4, 0.5) is 4.79 Å². The average Bonchev–Trinajstić information content (AvgIpc) is 2.74. The minimum atomic E-state index is -0.590. The zero-order valence-corrected chi connectivity index (χ0v) is 21.2. The zero-order chi connectivity index (χ0) is 24.0. The van der Waals surface area contributed by atoms with Crippen LogP contribution in [0.5, 0.6) is 0 Å². The molecule has 188 valence electrons. The van der Waals surface area contributed by atoms with Crippen molar-refractivity contribution in [1.29, 1.82) is 0 Å². The molecule has 1 unspecified atom stereocenters. The topological polar surface area (TPSA) is 67.9 Å². The van der Waals surface area contributed by atoms with E-state index in [0.29, 0.717) is 25.8 Å². The second kappa shape index (κ2) is 21.5. The molecule has 6 nitrogen and oxygen atoms in total. The Morgan fingerprint density at radius 1 is 0.844 bits per heavy atom. The molecule has 0 saturated heterocycles. The van der Waals surface area contributed by atoms with E-state index >= 15 is 0 Å². The van der Waals surface area contributed by atoms with Gasteiger partial charge in [0, 0.05) is 19.5 Å². The molecule has 0 aliphatic rings. The second-order valence-electron chi connectivity index (χ2n) is 8.82. The molecule has 0 aromatic carbocycles. The molecule has 0 bridgehead atoms. The standard InChI is InChI=1S/C26H50N2O4/c1-6-8-9-10-11-12-13-14-15-16-18-24(19-17-20-25(29)31-23(3)4)32-26(30)27-21-22-28(5)7-2/h23-24H,3-4,6-22H2,1-2,5H3,(H,27,30). The van der Waals surface area contributed by atoms with Crippen LogP contribution in [0.1, 0.15) is 104 Å². The first-order chi connectivity index (χ1) is 15.4. The van der Waals surface area contributed by atoms with E-state index in [0.717, 1.165) is 32.4 Å². The summed E-state index contributed by atoms with van der Waals surface area (Å²) in [6.45, 7) is 13.7. The maximum absolute atomic E-state index is 12.2. The summed E-state index contributed by atoms with van der Waals surface area (Å²) in [7, 11) is 2.02. The Morgan fingerprint density at radius 2 is 1.41 bits per heavy atom. The van der Waals surface area contributed by atoms with Gasteiger partial charge in [0.05, 0.1) is 0 Å². The van der Waals surface area contributed by atoms with E-state index in [1.807, 2.05) is 7.05 Å². The van der Waals surface area contributed by atoms with Gasteiger partial charge in [-0.25, -0.2) is 4.79 Å². The van der Waals surface area contributed by atoms with E-state index in [1.54, 1.807) is 0 Å². The van der Waals surface area contributed by atoms with Crippen molar-refractivity contribution in [2.24, 2.45) is 0 Å². The fourth-order valence-electron chi connectivity index (χ4n) is 3.54. The molecule has 1 amide bonds. The van der Waals surface area contributed by atoms with Gasteiger partial charge in [0.15, 0.2) is 0 Å². The highest BCUT2D eigenvalue weighted by Crippen LogP contribution is 2.16. The van der Waals surface area contributed by atoms with Crippen molar-refractivity contribution in [2.45, 2.75) is 116 Å². The van der Waals surface area contributed by atoms with Gasteiger partial charge in [0.25, 0.3) is 0 Å². The van der Waals surface area contributed by atoms with Crippen LogP contribution in [0.25, 0.3) is 0 Å². The molecule has 0 heterocycles. The van der Waals surface area contributed by atoms with Crippen molar-refractivity contribution in [3.05, 3.63) is 13.8 Å². The molecular formula is C26H50N2O4. The number of carbonyl (C=O) groups excluding carboxylic acids is 2. The van der Waals surface area contributed by atoms with Crippen LogP contribution in [0, 0.1) is 13.8 Å². The lowest BCUT2D eigenvalue weighted by atomic mass is 10.0. The van der Waals surface area contributed by atoms with Crippen molar-refractivity contribution in [1.82, 2.24) is 10.2 Å². The van der Waals surface area contributed by atoms with Crippen LogP contribution < -0.4 is 5.32 Å². The van der Waals surface area contributed by atoms with Crippen LogP contribution in [0.3, 0.4) is 0 Å². The highest BCUT2D eigenvalue weighted by molar-refractivity contribution is 5.69. The lowest BCUT2D eigenvalue weighted by Gasteiger charge is -2.19. The van der Waals surface area contributed by atoms with Crippen LogP contribution in [0.15, 0.2) is 0 Å². The van der Waals surface area contributed by atoms with E-state index in [1.165, 1.54) is 51.4 Å². The predicted octanol–water partition coefficient (Wildman–Crippen LogP) is 6.09. The molecule has 1 atom stereocenters. The third-order valence-corrected chi connectivity index (χ3v) is 5.66. The molecular weight excluding hydrogens is 404 g/mol. The van der Waals surface area contributed by atoms with Crippen molar-refractivity contribution >= 4 is 12.1 Å². The number of alkyl carbamates (subject to hydrolysis) is 1. The van der Waals surface area contributed by atoms with Gasteiger partial charge in [-0.1, -0.05) is 71.6 Å². The van der Waals surface area contributed by atoms with E-state index < -0.39 is 6.10 Å². The molecule has 0 spiro atoms. The summed E-state index contributed by atoms with van der Waals surface area (Å²) >= 11 is 0. The quantitative estimate of drug-likeness (QED) is 0.168. The molecule has 0 aromatic heterocycles. The van der Waals surface area contributed by atoms with Gasteiger partial charge in [-0.15, -0.1) is 0 Å². The first-order valence-electron chi connectivity index (χ1n) is 12.9. The Hall–Kier alpha value is -1.30. The Kier molecular flexibility index (Phi) is 20.7. The summed E-state index contributed by atoms with van der Waals surface area (Å²) in [5.74, 6) is -0.301. The molecule has 0 rings (SSSR count). The molecule has 0 fully saturated rings. The van der Waals surface area contributed by atoms with E-state index in [4.69, 9.17) is 9.47 Å². The van der Waals surface area contributed by atoms with Gasteiger partial charge in [-0.05, 0) is 53.1 Å². The highest BCUT2D eigenvalue weighted by atomic mass is 16.6. The fourth-order valence-corrected chi connectivity index (χ4v) is 3.54. The molecule has 0 aromatic rings. The summed E-state index contributed by atoms with van der Waals surface area (Å²) in [5.41, 5.74) is 0. The summed E-state index contributed by atoms with van der Waals surface area (Å²) in [4.78, 5) is 26.0. The van der Waals surface area contributed by atoms with E-state index in [2.05, 4.69) is 37.9 Å². The number of nitrogens with one attached hydrogen (secondary N) is 1. The predicted molar refractivity (Wildman–Crippen MR) is 132 cm³/mol. The summed E-state index contributed by atoms with van der Waals surface area (Å²) in [6.07, 6.45) is 14.0. The number of likely N-dealkylation sites (N-methyl/N-ethyl adjacent to an activating group) is 1. The zero-order valence-electron chi connectivity index (χ0n) is 21.2. The molecule has 6 heteroatoms. The van der Waals surface area contributed by atoms with Crippen molar-refractivity contribution in [3.63, 3.8) is 0 Å². The van der Waals surface area contributed by atoms with Crippen molar-refractivity contribution in [2.75, 3.05) is 26.7 Å². The first kappa shape index (κ1) is 30.7. The number of hydrogen-bond acceptors (Lipinski definition) is 5. The Balaban J connectivity index is 4.18. The summed E-state index contributed by atoms with van der Waals surface area (Å²) in [5, 5.41) is 2.83. The minimum Gasteiger partial charge on any atom is -0.462 e. The molecule has 2 radical (unpaired) electrons. The first-order valence-corrected chi connectivity index (χ1v) is 12.9. The van der Waals surface area contributed by atoms with Crippen LogP contribution in [-0.2, 0) is 14.3 Å². The van der Waals surface area contributed by atoms with Gasteiger partial charge in [0.2, 0.25) is 0 Å². The molecule has 0 aliphatic carbocycles. The number of amides is 1. The largest absolute Gasteiger partial charge is 0.462 e. The maximum Gasteiger partial charge on any atom is 0.407 e. The van der Waals surface area contributed by atoms with Gasteiger partial charge < -0.3 is 19.7 Å². The average molecular weight is 455 g/mol. The Labute approximate surface area is 198 Å². The molecule has 1 N–H and O–H groups in total. The van der Waals surface area contributed by atoms with Crippen molar-refractivity contribution in [3.8, 4) is 0 Å². The highest BCUT2D eigenvalue weighted by Gasteiger charge is 2.16. The lowest BCUT2D eigenvalue weighted by Crippen LogP contribution is -2.35. The smallest absolute Gasteiger partial charge is 0.407 e. The van der Waals surface area contributed by atoms with Gasteiger partial charge in [0.1, 0.15) is 12.2 Å². The number of rotatable bonds is 21.